The lowest BCUT2D eigenvalue weighted by Gasteiger charge is -2.23. The summed E-state index contributed by atoms with van der Waals surface area (Å²) < 4.78 is 11.0. The second-order valence-electron chi connectivity index (χ2n) is 8.78. The number of nitrogens with zero attached hydrogens (tertiary/aromatic N) is 3. The summed E-state index contributed by atoms with van der Waals surface area (Å²) in [4.78, 5) is 43.2. The van der Waals surface area contributed by atoms with Crippen LogP contribution in [0.4, 0.5) is 5.69 Å². The van der Waals surface area contributed by atoms with Crippen molar-refractivity contribution in [2.24, 2.45) is 4.99 Å². The number of ether oxygens (including phenoxy) is 2. The fraction of sp³-hybridized carbons (Fsp3) is 0.385. The third-order valence-corrected chi connectivity index (χ3v) is 6.04. The van der Waals surface area contributed by atoms with E-state index in [0.717, 1.165) is 35.4 Å². The first kappa shape index (κ1) is 25.0. The molecule has 10 heteroatoms. The number of amides is 2. The Morgan fingerprint density at radius 2 is 1.86 bits per heavy atom. The third-order valence-electron chi connectivity index (χ3n) is 6.04. The molecule has 1 saturated heterocycles. The summed E-state index contributed by atoms with van der Waals surface area (Å²) in [6, 6.07) is 12.9. The molecular formula is C26H30N4O6. The van der Waals surface area contributed by atoms with Gasteiger partial charge in [0.1, 0.15) is 24.6 Å². The summed E-state index contributed by atoms with van der Waals surface area (Å²) in [7, 11) is 1.58. The van der Waals surface area contributed by atoms with Gasteiger partial charge >= 0.3 is 5.97 Å². The molecule has 2 aliphatic heterocycles. The lowest BCUT2D eigenvalue weighted by molar-refractivity contribution is -0.145. The van der Waals surface area contributed by atoms with E-state index >= 15 is 0 Å². The zero-order valence-corrected chi connectivity index (χ0v) is 20.2. The van der Waals surface area contributed by atoms with Gasteiger partial charge in [0, 0.05) is 25.1 Å². The van der Waals surface area contributed by atoms with E-state index in [1.54, 1.807) is 19.2 Å². The number of aliphatic imine (C=N–C) groups is 1. The van der Waals surface area contributed by atoms with E-state index in [1.165, 1.54) is 4.90 Å². The molecule has 0 aliphatic carbocycles. The number of carboxylic acids is 1. The molecule has 0 spiro atoms. The van der Waals surface area contributed by atoms with E-state index in [0.29, 0.717) is 37.8 Å². The van der Waals surface area contributed by atoms with Gasteiger partial charge in [-0.15, -0.1) is 0 Å². The minimum atomic E-state index is -1.04. The number of methoxy groups -OCH3 is 1. The average Bonchev–Trinajstić information content (AvgIpc) is 3.22. The number of carboxylic acid groups (broad SMARTS) is 1. The number of unbranched alkanes of at least 4 members (excludes halogenated alkanes) is 2. The van der Waals surface area contributed by atoms with Gasteiger partial charge in [0.05, 0.1) is 19.4 Å². The van der Waals surface area contributed by atoms with Crippen LogP contribution in [0.15, 0.2) is 47.5 Å². The van der Waals surface area contributed by atoms with Gasteiger partial charge < -0.3 is 24.4 Å². The summed E-state index contributed by atoms with van der Waals surface area (Å²) in [5.41, 5.74) is 2.68. The van der Waals surface area contributed by atoms with Gasteiger partial charge in [-0.1, -0.05) is 12.1 Å². The Hall–Kier alpha value is -4.08. The number of hydrogen-bond acceptors (Lipinski definition) is 7. The molecule has 0 aromatic heterocycles. The van der Waals surface area contributed by atoms with Gasteiger partial charge in [-0.2, -0.15) is 0 Å². The number of hydrogen-bond donors (Lipinski definition) is 2. The summed E-state index contributed by atoms with van der Waals surface area (Å²) in [5.74, 6) is 0.776. The summed E-state index contributed by atoms with van der Waals surface area (Å²) in [6.45, 7) is 1.33. The molecule has 0 saturated carbocycles. The average molecular weight is 495 g/mol. The zero-order valence-electron chi connectivity index (χ0n) is 20.2. The number of aliphatic carboxylic acids is 1. The summed E-state index contributed by atoms with van der Waals surface area (Å²) >= 11 is 0. The Labute approximate surface area is 209 Å². The Bertz CT molecular complexity index is 1150. The van der Waals surface area contributed by atoms with Crippen LogP contribution in [0.2, 0.25) is 0 Å². The monoisotopic (exact) mass is 494 g/mol. The third kappa shape index (κ3) is 6.53. The van der Waals surface area contributed by atoms with Gasteiger partial charge in [0.25, 0.3) is 0 Å². The van der Waals surface area contributed by atoms with Gasteiger partial charge in [-0.25, -0.2) is 4.99 Å². The first-order valence-corrected chi connectivity index (χ1v) is 11.9. The number of benzene rings is 2. The Balaban J connectivity index is 1.19. The second kappa shape index (κ2) is 11.6. The van der Waals surface area contributed by atoms with Crippen molar-refractivity contribution in [1.82, 2.24) is 15.1 Å². The van der Waals surface area contributed by atoms with Crippen molar-refractivity contribution in [2.45, 2.75) is 38.8 Å². The maximum atomic E-state index is 12.7. The first-order chi connectivity index (χ1) is 17.4. The second-order valence-corrected chi connectivity index (χ2v) is 8.78. The highest BCUT2D eigenvalue weighted by Crippen LogP contribution is 2.30. The zero-order chi connectivity index (χ0) is 25.5. The van der Waals surface area contributed by atoms with Crippen LogP contribution in [0, 0.1) is 0 Å². The highest BCUT2D eigenvalue weighted by atomic mass is 16.5. The predicted octanol–water partition coefficient (Wildman–Crippen LogP) is 2.68. The van der Waals surface area contributed by atoms with Crippen molar-refractivity contribution >= 4 is 29.4 Å². The molecule has 1 fully saturated rings. The Morgan fingerprint density at radius 1 is 1.08 bits per heavy atom. The Morgan fingerprint density at radius 3 is 2.61 bits per heavy atom. The minimum Gasteiger partial charge on any atom is -0.497 e. The molecule has 190 valence electrons. The molecule has 2 heterocycles. The highest BCUT2D eigenvalue weighted by Gasteiger charge is 2.29. The Kier molecular flexibility index (Phi) is 8.04. The quantitative estimate of drug-likeness (QED) is 0.435. The molecule has 2 N–H and O–H groups in total. The van der Waals surface area contributed by atoms with E-state index in [2.05, 4.69) is 10.3 Å². The van der Waals surface area contributed by atoms with Gasteiger partial charge in [-0.05, 0) is 55.2 Å². The molecule has 0 bridgehead atoms. The lowest BCUT2D eigenvalue weighted by atomic mass is 10.1. The fourth-order valence-corrected chi connectivity index (χ4v) is 4.18. The molecular weight excluding hydrogens is 464 g/mol. The van der Waals surface area contributed by atoms with E-state index in [9.17, 15) is 19.5 Å². The van der Waals surface area contributed by atoms with E-state index in [1.807, 2.05) is 35.2 Å². The summed E-state index contributed by atoms with van der Waals surface area (Å²) in [5, 5.41) is 12.0. The molecule has 2 aromatic carbocycles. The standard InChI is InChI=1S/C26H30N4O6/c1-35-20-8-6-18(7-9-20)14-29(17-25(33)34)24(32)5-3-2-4-12-36-21-10-11-22-19(13-21)15-30-16-23(31)28-26(30)27-22/h6-11,13H,2-5,12,14-17H2,1H3,(H,33,34)(H,27,28,31). The molecule has 0 unspecified atom stereocenters. The number of fused-ring (bicyclic) bond motifs is 2. The lowest BCUT2D eigenvalue weighted by Crippen LogP contribution is -2.35. The highest BCUT2D eigenvalue weighted by molar-refractivity contribution is 6.05. The van der Waals surface area contributed by atoms with Crippen LogP contribution in [0.25, 0.3) is 0 Å². The molecule has 2 amide bonds. The summed E-state index contributed by atoms with van der Waals surface area (Å²) in [6.07, 6.45) is 2.49. The molecule has 4 rings (SSSR count). The van der Waals surface area contributed by atoms with Gasteiger partial charge in [0.15, 0.2) is 0 Å². The molecule has 0 atom stereocenters. The largest absolute Gasteiger partial charge is 0.497 e. The van der Waals surface area contributed by atoms with Crippen LogP contribution in [-0.4, -0.2) is 65.5 Å². The molecule has 2 aromatic rings. The maximum Gasteiger partial charge on any atom is 0.323 e. The first-order valence-electron chi connectivity index (χ1n) is 11.9. The van der Waals surface area contributed by atoms with Crippen molar-refractivity contribution in [2.75, 3.05) is 26.8 Å². The number of carbonyl (C=O) groups excluding carboxylic acids is 2. The van der Waals surface area contributed by atoms with E-state index < -0.39 is 5.97 Å². The van der Waals surface area contributed by atoms with Crippen LogP contribution in [0.5, 0.6) is 11.5 Å². The van der Waals surface area contributed by atoms with Crippen molar-refractivity contribution in [3.8, 4) is 11.5 Å². The van der Waals surface area contributed by atoms with Crippen LogP contribution in [-0.2, 0) is 27.5 Å². The van der Waals surface area contributed by atoms with Crippen LogP contribution < -0.4 is 14.8 Å². The van der Waals surface area contributed by atoms with E-state index in [-0.39, 0.29) is 31.3 Å². The molecule has 2 aliphatic rings. The van der Waals surface area contributed by atoms with Crippen LogP contribution >= 0.6 is 0 Å². The van der Waals surface area contributed by atoms with E-state index in [4.69, 9.17) is 9.47 Å². The van der Waals surface area contributed by atoms with Crippen molar-refractivity contribution in [3.63, 3.8) is 0 Å². The van der Waals surface area contributed by atoms with Crippen LogP contribution in [0.1, 0.15) is 36.8 Å². The topological polar surface area (TPSA) is 121 Å². The predicted molar refractivity (Wildman–Crippen MR) is 132 cm³/mol. The van der Waals surface area contributed by atoms with Gasteiger partial charge in [-0.3, -0.25) is 19.7 Å². The number of nitrogens with one attached hydrogen (secondary N) is 1. The number of guanidine groups is 1. The van der Waals surface area contributed by atoms with Gasteiger partial charge in [0.2, 0.25) is 17.8 Å². The minimum absolute atomic E-state index is 0.0525. The molecule has 10 nitrogen and oxygen atoms in total. The smallest absolute Gasteiger partial charge is 0.323 e. The van der Waals surface area contributed by atoms with Crippen LogP contribution in [0.3, 0.4) is 0 Å². The SMILES string of the molecule is COc1ccc(CN(CC(=O)O)C(=O)CCCCCOc2ccc3c(c2)CN2CC(=O)NC2=N3)cc1. The fourth-order valence-electron chi connectivity index (χ4n) is 4.18. The van der Waals surface area contributed by atoms with Crippen molar-refractivity contribution in [1.29, 1.82) is 0 Å². The number of carbonyl (C=O) groups is 3. The number of rotatable bonds is 12. The normalized spacial score (nSPS) is 13.9. The molecule has 36 heavy (non-hydrogen) atoms. The van der Waals surface area contributed by atoms with Crippen molar-refractivity contribution < 1.29 is 29.0 Å². The maximum absolute atomic E-state index is 12.7. The van der Waals surface area contributed by atoms with Crippen molar-refractivity contribution in [3.05, 3.63) is 53.6 Å². The molecule has 0 radical (unpaired) electrons.